The second-order valence-corrected chi connectivity index (χ2v) is 7.56. The number of carbonyl (C=O) groups is 1. The maximum absolute atomic E-state index is 12.2. The van der Waals surface area contributed by atoms with Gasteiger partial charge in [0, 0.05) is 23.4 Å². The largest absolute Gasteiger partial charge is 0.478 e. The molecule has 150 valence electrons. The summed E-state index contributed by atoms with van der Waals surface area (Å²) in [5.74, 6) is -0.928. The van der Waals surface area contributed by atoms with Gasteiger partial charge in [0.1, 0.15) is 0 Å². The maximum Gasteiger partial charge on any atom is 0.336 e. The highest BCUT2D eigenvalue weighted by Crippen LogP contribution is 2.41. The van der Waals surface area contributed by atoms with Gasteiger partial charge in [0.05, 0.1) is 5.56 Å². The first-order chi connectivity index (χ1) is 15.2. The van der Waals surface area contributed by atoms with Crippen LogP contribution in [0.1, 0.15) is 15.9 Å². The number of anilines is 1. The van der Waals surface area contributed by atoms with Gasteiger partial charge < -0.3 is 10.4 Å². The van der Waals surface area contributed by atoms with Crippen LogP contribution < -0.4 is 5.32 Å². The van der Waals surface area contributed by atoms with Crippen molar-refractivity contribution in [3.63, 3.8) is 0 Å². The van der Waals surface area contributed by atoms with Gasteiger partial charge in [-0.2, -0.15) is 0 Å². The molecule has 2 N–H and O–H groups in total. The van der Waals surface area contributed by atoms with E-state index >= 15 is 0 Å². The van der Waals surface area contributed by atoms with Gasteiger partial charge in [-0.1, -0.05) is 91.0 Å². The zero-order valence-corrected chi connectivity index (χ0v) is 16.9. The molecule has 0 aliphatic rings. The molecule has 0 unspecified atom stereocenters. The number of carboxylic acids is 1. The predicted octanol–water partition coefficient (Wildman–Crippen LogP) is 6.97. The maximum atomic E-state index is 12.2. The average Bonchev–Trinajstić information content (AvgIpc) is 2.82. The monoisotopic (exact) mass is 403 g/mol. The van der Waals surface area contributed by atoms with E-state index in [-0.39, 0.29) is 0 Å². The van der Waals surface area contributed by atoms with Gasteiger partial charge in [-0.15, -0.1) is 0 Å². The standard InChI is InChI=1S/C28H21NO2/c30-28(31)24-16-14-20-10-4-6-12-22(20)26(24)27-23-13-7-5-11-21(23)15-17-25(27)29-18-19-8-2-1-3-9-19/h1-17,29H,18H2,(H,30,31). The highest BCUT2D eigenvalue weighted by atomic mass is 16.4. The minimum Gasteiger partial charge on any atom is -0.478 e. The number of aromatic carboxylic acids is 1. The minimum absolute atomic E-state index is 0.304. The van der Waals surface area contributed by atoms with Crippen molar-refractivity contribution in [2.75, 3.05) is 5.32 Å². The van der Waals surface area contributed by atoms with E-state index in [1.165, 1.54) is 0 Å². The third-order valence-electron chi connectivity index (χ3n) is 5.66. The van der Waals surface area contributed by atoms with Crippen molar-refractivity contribution < 1.29 is 9.90 Å². The van der Waals surface area contributed by atoms with Crippen molar-refractivity contribution in [1.82, 2.24) is 0 Å². The SMILES string of the molecule is O=C(O)c1ccc2ccccc2c1-c1c(NCc2ccccc2)ccc2ccccc12. The number of benzene rings is 5. The first kappa shape index (κ1) is 18.9. The van der Waals surface area contributed by atoms with Crippen molar-refractivity contribution >= 4 is 33.2 Å². The molecule has 0 aliphatic carbocycles. The van der Waals surface area contributed by atoms with Gasteiger partial charge in [-0.05, 0) is 39.2 Å². The Morgan fingerprint density at radius 2 is 1.23 bits per heavy atom. The lowest BCUT2D eigenvalue weighted by atomic mass is 9.89. The Morgan fingerprint density at radius 3 is 1.90 bits per heavy atom. The summed E-state index contributed by atoms with van der Waals surface area (Å²) in [6.45, 7) is 0.652. The lowest BCUT2D eigenvalue weighted by molar-refractivity contribution is 0.0698. The molecule has 31 heavy (non-hydrogen) atoms. The Morgan fingerprint density at radius 1 is 0.645 bits per heavy atom. The fraction of sp³-hybridized carbons (Fsp3) is 0.0357. The number of hydrogen-bond acceptors (Lipinski definition) is 2. The summed E-state index contributed by atoms with van der Waals surface area (Å²) >= 11 is 0. The molecule has 0 heterocycles. The molecule has 0 saturated heterocycles. The van der Waals surface area contributed by atoms with Crippen LogP contribution in [0.25, 0.3) is 32.7 Å². The van der Waals surface area contributed by atoms with Crippen LogP contribution in [0, 0.1) is 0 Å². The molecule has 3 heteroatoms. The molecule has 0 bridgehead atoms. The smallest absolute Gasteiger partial charge is 0.336 e. The molecule has 5 aromatic rings. The van der Waals surface area contributed by atoms with Gasteiger partial charge >= 0.3 is 5.97 Å². The second-order valence-electron chi connectivity index (χ2n) is 7.56. The van der Waals surface area contributed by atoms with E-state index in [1.807, 2.05) is 66.7 Å². The fourth-order valence-corrected chi connectivity index (χ4v) is 4.20. The van der Waals surface area contributed by atoms with Gasteiger partial charge in [0.15, 0.2) is 0 Å². The molecular weight excluding hydrogens is 382 g/mol. The van der Waals surface area contributed by atoms with Crippen molar-refractivity contribution in [2.45, 2.75) is 6.54 Å². The van der Waals surface area contributed by atoms with Gasteiger partial charge in [-0.3, -0.25) is 0 Å². The van der Waals surface area contributed by atoms with E-state index in [0.29, 0.717) is 12.1 Å². The molecule has 0 aliphatic heterocycles. The van der Waals surface area contributed by atoms with Crippen LogP contribution in [-0.4, -0.2) is 11.1 Å². The second kappa shape index (κ2) is 7.96. The minimum atomic E-state index is -0.928. The summed E-state index contributed by atoms with van der Waals surface area (Å²) in [4.78, 5) is 12.2. The van der Waals surface area contributed by atoms with E-state index in [9.17, 15) is 9.90 Å². The number of nitrogens with one attached hydrogen (secondary N) is 1. The van der Waals surface area contributed by atoms with Crippen LogP contribution in [-0.2, 0) is 6.54 Å². The van der Waals surface area contributed by atoms with E-state index in [1.54, 1.807) is 6.07 Å². The highest BCUT2D eigenvalue weighted by Gasteiger charge is 2.20. The van der Waals surface area contributed by atoms with E-state index in [4.69, 9.17) is 0 Å². The Balaban J connectivity index is 1.79. The van der Waals surface area contributed by atoms with Crippen molar-refractivity contribution in [1.29, 1.82) is 0 Å². The number of hydrogen-bond donors (Lipinski definition) is 2. The Bertz CT molecular complexity index is 1410. The topological polar surface area (TPSA) is 49.3 Å². The summed E-state index contributed by atoms with van der Waals surface area (Å²) < 4.78 is 0. The van der Waals surface area contributed by atoms with E-state index in [0.717, 1.165) is 43.9 Å². The fourth-order valence-electron chi connectivity index (χ4n) is 4.20. The molecule has 3 nitrogen and oxygen atoms in total. The van der Waals surface area contributed by atoms with Crippen molar-refractivity contribution in [3.8, 4) is 11.1 Å². The summed E-state index contributed by atoms with van der Waals surface area (Å²) in [5.41, 5.74) is 4.05. The number of rotatable bonds is 5. The Kier molecular flexibility index (Phi) is 4.85. The van der Waals surface area contributed by atoms with Gasteiger partial charge in [-0.25, -0.2) is 4.79 Å². The Labute approximate surface area is 180 Å². The number of fused-ring (bicyclic) bond motifs is 2. The molecular formula is C28H21NO2. The van der Waals surface area contributed by atoms with Crippen LogP contribution >= 0.6 is 0 Å². The summed E-state index contributed by atoms with van der Waals surface area (Å²) in [6.07, 6.45) is 0. The molecule has 0 radical (unpaired) electrons. The van der Waals surface area contributed by atoms with Crippen molar-refractivity contribution in [2.24, 2.45) is 0 Å². The zero-order valence-electron chi connectivity index (χ0n) is 16.9. The number of carboxylic acid groups (broad SMARTS) is 1. The molecule has 0 atom stereocenters. The van der Waals surface area contributed by atoms with Gasteiger partial charge in [0.25, 0.3) is 0 Å². The molecule has 0 spiro atoms. The summed E-state index contributed by atoms with van der Waals surface area (Å²) in [6, 6.07) is 34.0. The quantitative estimate of drug-likeness (QED) is 0.333. The molecule has 0 saturated carbocycles. The first-order valence-electron chi connectivity index (χ1n) is 10.3. The molecule has 0 fully saturated rings. The van der Waals surface area contributed by atoms with Crippen molar-refractivity contribution in [3.05, 3.63) is 114 Å². The summed E-state index contributed by atoms with van der Waals surface area (Å²) in [5, 5.41) is 17.6. The van der Waals surface area contributed by atoms with Crippen LogP contribution in [0.2, 0.25) is 0 Å². The first-order valence-corrected chi connectivity index (χ1v) is 10.3. The highest BCUT2D eigenvalue weighted by molar-refractivity contribution is 6.15. The van der Waals surface area contributed by atoms with Crippen LogP contribution in [0.5, 0.6) is 0 Å². The lowest BCUT2D eigenvalue weighted by Crippen LogP contribution is -2.05. The summed E-state index contributed by atoms with van der Waals surface area (Å²) in [7, 11) is 0. The van der Waals surface area contributed by atoms with Crippen LogP contribution in [0.3, 0.4) is 0 Å². The normalized spacial score (nSPS) is 11.0. The third-order valence-corrected chi connectivity index (χ3v) is 5.66. The third kappa shape index (κ3) is 3.51. The lowest BCUT2D eigenvalue weighted by Gasteiger charge is -2.19. The van der Waals surface area contributed by atoms with Gasteiger partial charge in [0.2, 0.25) is 0 Å². The molecule has 0 amide bonds. The molecule has 5 aromatic carbocycles. The van der Waals surface area contributed by atoms with Crippen LogP contribution in [0.15, 0.2) is 103 Å². The average molecular weight is 403 g/mol. The zero-order chi connectivity index (χ0) is 21.2. The predicted molar refractivity (Wildman–Crippen MR) is 128 cm³/mol. The molecule has 5 rings (SSSR count). The molecule has 0 aromatic heterocycles. The van der Waals surface area contributed by atoms with Crippen LogP contribution in [0.4, 0.5) is 5.69 Å². The van der Waals surface area contributed by atoms with E-state index < -0.39 is 5.97 Å². The van der Waals surface area contributed by atoms with E-state index in [2.05, 4.69) is 35.6 Å². The Hall–Kier alpha value is -4.11.